The summed E-state index contributed by atoms with van der Waals surface area (Å²) in [4.78, 5) is 18.8. The van der Waals surface area contributed by atoms with Crippen LogP contribution in [0.4, 0.5) is 0 Å². The molecule has 0 atom stereocenters. The van der Waals surface area contributed by atoms with Crippen molar-refractivity contribution in [1.29, 1.82) is 0 Å². The maximum atomic E-state index is 12.5. The highest BCUT2D eigenvalue weighted by molar-refractivity contribution is 7.26. The normalized spacial score (nSPS) is 11.3. The molecule has 1 aromatic carbocycles. The van der Waals surface area contributed by atoms with Gasteiger partial charge in [-0.25, -0.2) is 4.98 Å². The predicted molar refractivity (Wildman–Crippen MR) is 112 cm³/mol. The van der Waals surface area contributed by atoms with E-state index in [4.69, 9.17) is 0 Å². The minimum Gasteiger partial charge on any atom is -0.351 e. The first kappa shape index (κ1) is 17.0. The number of nitrogens with one attached hydrogen (secondary N) is 1. The Morgan fingerprint density at radius 3 is 2.82 bits per heavy atom. The van der Waals surface area contributed by atoms with Gasteiger partial charge in [0, 0.05) is 19.2 Å². The molecule has 0 unspecified atom stereocenters. The van der Waals surface area contributed by atoms with Crippen molar-refractivity contribution in [2.24, 2.45) is 0 Å². The fourth-order valence-corrected chi connectivity index (χ4v) is 4.93. The van der Waals surface area contributed by atoms with Crippen molar-refractivity contribution >= 4 is 44.4 Å². The van der Waals surface area contributed by atoms with Crippen molar-refractivity contribution in [2.45, 2.75) is 6.42 Å². The number of carbonyl (C=O) groups excluding carboxylic acids is 1. The minimum atomic E-state index is -0.0776. The summed E-state index contributed by atoms with van der Waals surface area (Å²) in [6, 6.07) is 17.6. The first-order chi connectivity index (χ1) is 13.8. The summed E-state index contributed by atoms with van der Waals surface area (Å²) in [5, 5.41) is 12.2. The number of hydrogen-bond donors (Lipinski definition) is 1. The van der Waals surface area contributed by atoms with Gasteiger partial charge in [-0.05, 0) is 36.4 Å². The van der Waals surface area contributed by atoms with E-state index in [0.29, 0.717) is 17.8 Å². The second kappa shape index (κ2) is 7.14. The Kier molecular flexibility index (Phi) is 4.34. The largest absolute Gasteiger partial charge is 0.351 e. The topological polar surface area (TPSA) is 72.2 Å². The number of nitrogens with zero attached hydrogens (tertiary/aromatic N) is 4. The van der Waals surface area contributed by atoms with E-state index in [2.05, 4.69) is 26.6 Å². The second-order valence-corrected chi connectivity index (χ2v) is 8.32. The molecule has 4 aromatic heterocycles. The Morgan fingerprint density at radius 1 is 1.00 bits per heavy atom. The number of fused-ring (bicyclic) bond motifs is 2. The highest BCUT2D eigenvalue weighted by Gasteiger charge is 2.13. The van der Waals surface area contributed by atoms with Gasteiger partial charge in [0.25, 0.3) is 5.91 Å². The number of aromatic nitrogens is 4. The Labute approximate surface area is 168 Å². The lowest BCUT2D eigenvalue weighted by atomic mass is 10.3. The first-order valence-electron chi connectivity index (χ1n) is 8.80. The van der Waals surface area contributed by atoms with Gasteiger partial charge in [0.05, 0.1) is 20.0 Å². The molecule has 0 spiro atoms. The van der Waals surface area contributed by atoms with Crippen LogP contribution in [0.1, 0.15) is 15.5 Å². The van der Waals surface area contributed by atoms with Crippen LogP contribution in [0.25, 0.3) is 25.7 Å². The monoisotopic (exact) mass is 405 g/mol. The molecule has 1 N–H and O–H groups in total. The standard InChI is InChI=1S/C20H15N5OS2/c26-19(21-11-10-18-24-23-17-7-3-4-12-25(17)18)15-8-9-16(27-15)20-22-13-5-1-2-6-14(13)28-20/h1-9,12H,10-11H2,(H,21,26). The molecule has 28 heavy (non-hydrogen) atoms. The SMILES string of the molecule is O=C(NCCc1nnc2ccccn12)c1ccc(-c2nc3ccccc3s2)s1. The van der Waals surface area contributed by atoms with Gasteiger partial charge in [-0.2, -0.15) is 0 Å². The summed E-state index contributed by atoms with van der Waals surface area (Å²) in [7, 11) is 0. The molecule has 5 aromatic rings. The molecular formula is C20H15N5OS2. The number of hydrogen-bond acceptors (Lipinski definition) is 6. The summed E-state index contributed by atoms with van der Waals surface area (Å²) in [6.07, 6.45) is 2.54. The number of carbonyl (C=O) groups is 1. The number of rotatable bonds is 5. The van der Waals surface area contributed by atoms with Crippen LogP contribution in [-0.2, 0) is 6.42 Å². The molecule has 6 nitrogen and oxygen atoms in total. The molecule has 0 bridgehead atoms. The van der Waals surface area contributed by atoms with Crippen molar-refractivity contribution in [3.63, 3.8) is 0 Å². The van der Waals surface area contributed by atoms with Crippen LogP contribution < -0.4 is 5.32 Å². The Morgan fingerprint density at radius 2 is 1.89 bits per heavy atom. The van der Waals surface area contributed by atoms with Gasteiger partial charge in [-0.1, -0.05) is 18.2 Å². The van der Waals surface area contributed by atoms with Crippen LogP contribution >= 0.6 is 22.7 Å². The first-order valence-corrected chi connectivity index (χ1v) is 10.4. The van der Waals surface area contributed by atoms with Crippen LogP contribution in [0, 0.1) is 0 Å². The van der Waals surface area contributed by atoms with Crippen LogP contribution in [0.5, 0.6) is 0 Å². The third kappa shape index (κ3) is 3.17. The lowest BCUT2D eigenvalue weighted by Crippen LogP contribution is -2.25. The lowest BCUT2D eigenvalue weighted by molar-refractivity contribution is 0.0958. The van der Waals surface area contributed by atoms with Gasteiger partial charge >= 0.3 is 0 Å². The van der Waals surface area contributed by atoms with Crippen LogP contribution in [0.3, 0.4) is 0 Å². The van der Waals surface area contributed by atoms with Crippen LogP contribution in [0.2, 0.25) is 0 Å². The fourth-order valence-electron chi connectivity index (χ4n) is 2.99. The summed E-state index contributed by atoms with van der Waals surface area (Å²) < 4.78 is 3.08. The zero-order chi connectivity index (χ0) is 18.9. The third-order valence-electron chi connectivity index (χ3n) is 4.35. The summed E-state index contributed by atoms with van der Waals surface area (Å²) in [5.74, 6) is 0.753. The van der Waals surface area contributed by atoms with Gasteiger partial charge < -0.3 is 5.32 Å². The van der Waals surface area contributed by atoms with Gasteiger partial charge in [0.1, 0.15) is 10.8 Å². The average Bonchev–Trinajstić information content (AvgIpc) is 3.45. The molecule has 0 radical (unpaired) electrons. The number of amides is 1. The maximum Gasteiger partial charge on any atom is 0.261 e. The van der Waals surface area contributed by atoms with Crippen molar-refractivity contribution in [3.8, 4) is 9.88 Å². The second-order valence-electron chi connectivity index (χ2n) is 6.20. The number of para-hydroxylation sites is 1. The third-order valence-corrected chi connectivity index (χ3v) is 6.64. The molecule has 0 aliphatic carbocycles. The summed E-state index contributed by atoms with van der Waals surface area (Å²) in [6.45, 7) is 0.503. The zero-order valence-corrected chi connectivity index (χ0v) is 16.3. The molecule has 4 heterocycles. The van der Waals surface area contributed by atoms with Crippen molar-refractivity contribution in [1.82, 2.24) is 24.9 Å². The molecular weight excluding hydrogens is 390 g/mol. The number of benzene rings is 1. The molecule has 138 valence electrons. The van der Waals surface area contributed by atoms with Crippen molar-refractivity contribution in [3.05, 3.63) is 71.5 Å². The molecule has 5 rings (SSSR count). The predicted octanol–water partition coefficient (Wildman–Crippen LogP) is 4.04. The van der Waals surface area contributed by atoms with E-state index in [1.165, 1.54) is 11.3 Å². The molecule has 1 amide bonds. The van der Waals surface area contributed by atoms with E-state index in [9.17, 15) is 4.79 Å². The maximum absolute atomic E-state index is 12.5. The number of thiazole rings is 1. The van der Waals surface area contributed by atoms with Gasteiger partial charge in [-0.15, -0.1) is 32.9 Å². The minimum absolute atomic E-state index is 0.0776. The van der Waals surface area contributed by atoms with Crippen molar-refractivity contribution < 1.29 is 4.79 Å². The van der Waals surface area contributed by atoms with Crippen molar-refractivity contribution in [2.75, 3.05) is 6.54 Å². The van der Waals surface area contributed by atoms with Crippen LogP contribution in [-0.4, -0.2) is 32.0 Å². The Hall–Kier alpha value is -3.10. The van der Waals surface area contributed by atoms with E-state index in [1.807, 2.05) is 59.1 Å². The molecule has 0 saturated carbocycles. The summed E-state index contributed by atoms with van der Waals surface area (Å²) >= 11 is 3.10. The summed E-state index contributed by atoms with van der Waals surface area (Å²) in [5.41, 5.74) is 1.80. The number of thiophene rings is 1. The molecule has 0 aliphatic rings. The number of pyridine rings is 1. The molecule has 8 heteroatoms. The van der Waals surface area contributed by atoms with Crippen LogP contribution in [0.15, 0.2) is 60.8 Å². The Bertz CT molecular complexity index is 1250. The molecule has 0 aliphatic heterocycles. The van der Waals surface area contributed by atoms with E-state index < -0.39 is 0 Å². The smallest absolute Gasteiger partial charge is 0.261 e. The highest BCUT2D eigenvalue weighted by atomic mass is 32.1. The van der Waals surface area contributed by atoms with E-state index in [-0.39, 0.29) is 5.91 Å². The van der Waals surface area contributed by atoms with E-state index in [1.54, 1.807) is 11.3 Å². The van der Waals surface area contributed by atoms with Gasteiger partial charge in [0.2, 0.25) is 0 Å². The lowest BCUT2D eigenvalue weighted by Gasteiger charge is -2.02. The van der Waals surface area contributed by atoms with E-state index >= 15 is 0 Å². The Balaban J connectivity index is 1.26. The molecule has 0 saturated heterocycles. The average molecular weight is 406 g/mol. The van der Waals surface area contributed by atoms with Gasteiger partial charge in [0.15, 0.2) is 5.65 Å². The highest BCUT2D eigenvalue weighted by Crippen LogP contribution is 2.34. The van der Waals surface area contributed by atoms with E-state index in [0.717, 1.165) is 31.6 Å². The quantitative estimate of drug-likeness (QED) is 0.479. The molecule has 0 fully saturated rings. The fraction of sp³-hybridized carbons (Fsp3) is 0.100. The van der Waals surface area contributed by atoms with Gasteiger partial charge in [-0.3, -0.25) is 9.20 Å². The zero-order valence-electron chi connectivity index (χ0n) is 14.7.